The first-order valence-corrected chi connectivity index (χ1v) is 6.54. The van der Waals surface area contributed by atoms with Crippen molar-refractivity contribution in [1.29, 1.82) is 0 Å². The number of allylic oxidation sites excluding steroid dienone is 1. The third-order valence-electron chi connectivity index (χ3n) is 2.78. The average Bonchev–Trinajstić information content (AvgIpc) is 2.33. The lowest BCUT2D eigenvalue weighted by atomic mass is 9.98. The van der Waals surface area contributed by atoms with Crippen molar-refractivity contribution in [2.75, 3.05) is 5.75 Å². The molecule has 0 aliphatic carbocycles. The summed E-state index contributed by atoms with van der Waals surface area (Å²) < 4.78 is 0. The Morgan fingerprint density at radius 3 is 2.94 bits per heavy atom. The Bertz CT molecular complexity index is 499. The lowest BCUT2D eigenvalue weighted by Crippen LogP contribution is -2.21. The van der Waals surface area contributed by atoms with Gasteiger partial charge in [-0.15, -0.1) is 0 Å². The van der Waals surface area contributed by atoms with Crippen molar-refractivity contribution < 1.29 is 0 Å². The van der Waals surface area contributed by atoms with Crippen LogP contribution in [-0.4, -0.2) is 10.7 Å². The number of hydrogen-bond donors (Lipinski definition) is 1. The highest BCUT2D eigenvalue weighted by Crippen LogP contribution is 2.27. The summed E-state index contributed by atoms with van der Waals surface area (Å²) in [5.41, 5.74) is 4.16. The standard InChI is InChI=1S/C13H15NOS/c1-3-5-10-9-6-7-16-8-11(9)13(15)14-12(10)4-2/h3-5H,2,6-8H2,1H3,(H,14,15)/b5-3-. The van der Waals surface area contributed by atoms with Crippen molar-refractivity contribution >= 4 is 23.9 Å². The summed E-state index contributed by atoms with van der Waals surface area (Å²) in [5.74, 6) is 1.92. The maximum atomic E-state index is 11.9. The summed E-state index contributed by atoms with van der Waals surface area (Å²) in [4.78, 5) is 14.8. The molecule has 1 N–H and O–H groups in total. The predicted molar refractivity (Wildman–Crippen MR) is 71.7 cm³/mol. The molecule has 3 heteroatoms. The summed E-state index contributed by atoms with van der Waals surface area (Å²) in [6.45, 7) is 5.74. The number of aromatic nitrogens is 1. The summed E-state index contributed by atoms with van der Waals surface area (Å²) in [6.07, 6.45) is 6.76. The Kier molecular flexibility index (Phi) is 3.34. The average molecular weight is 233 g/mol. The zero-order valence-electron chi connectivity index (χ0n) is 9.38. The van der Waals surface area contributed by atoms with E-state index in [1.54, 1.807) is 6.08 Å². The topological polar surface area (TPSA) is 32.9 Å². The van der Waals surface area contributed by atoms with Crippen LogP contribution in [0.5, 0.6) is 0 Å². The Morgan fingerprint density at radius 1 is 1.44 bits per heavy atom. The Hall–Kier alpha value is -1.22. The third-order valence-corrected chi connectivity index (χ3v) is 3.77. The van der Waals surface area contributed by atoms with E-state index < -0.39 is 0 Å². The van der Waals surface area contributed by atoms with E-state index in [2.05, 4.69) is 17.6 Å². The van der Waals surface area contributed by atoms with Gasteiger partial charge in [0.05, 0.1) is 0 Å². The minimum absolute atomic E-state index is 0.0466. The zero-order valence-corrected chi connectivity index (χ0v) is 10.2. The van der Waals surface area contributed by atoms with Crippen molar-refractivity contribution in [2.45, 2.75) is 19.1 Å². The molecule has 1 aromatic heterocycles. The maximum Gasteiger partial charge on any atom is 0.252 e. The fourth-order valence-electron chi connectivity index (χ4n) is 2.03. The van der Waals surface area contributed by atoms with Crippen LogP contribution in [0, 0.1) is 0 Å². The summed E-state index contributed by atoms with van der Waals surface area (Å²) in [6, 6.07) is 0. The first-order valence-electron chi connectivity index (χ1n) is 5.38. The monoisotopic (exact) mass is 233 g/mol. The lowest BCUT2D eigenvalue weighted by molar-refractivity contribution is 1.01. The number of H-pyrrole nitrogens is 1. The largest absolute Gasteiger partial charge is 0.322 e. The molecule has 1 aromatic rings. The van der Waals surface area contributed by atoms with Gasteiger partial charge in [0.25, 0.3) is 5.56 Å². The molecule has 1 aliphatic rings. The van der Waals surface area contributed by atoms with Gasteiger partial charge in [-0.05, 0) is 30.7 Å². The van der Waals surface area contributed by atoms with E-state index in [1.807, 2.05) is 24.8 Å². The molecule has 2 heterocycles. The highest BCUT2D eigenvalue weighted by atomic mass is 32.2. The van der Waals surface area contributed by atoms with E-state index in [9.17, 15) is 4.79 Å². The van der Waals surface area contributed by atoms with E-state index in [-0.39, 0.29) is 5.56 Å². The van der Waals surface area contributed by atoms with Crippen LogP contribution in [0.15, 0.2) is 17.4 Å². The van der Waals surface area contributed by atoms with Crippen LogP contribution in [-0.2, 0) is 12.2 Å². The van der Waals surface area contributed by atoms with Crippen LogP contribution in [0.3, 0.4) is 0 Å². The molecular weight excluding hydrogens is 218 g/mol. The Morgan fingerprint density at radius 2 is 2.25 bits per heavy atom. The quantitative estimate of drug-likeness (QED) is 0.852. The molecule has 0 bridgehead atoms. The molecule has 0 saturated carbocycles. The first-order chi connectivity index (χ1) is 7.77. The van der Waals surface area contributed by atoms with E-state index in [4.69, 9.17) is 0 Å². The summed E-state index contributed by atoms with van der Waals surface area (Å²) in [7, 11) is 0. The van der Waals surface area contributed by atoms with Gasteiger partial charge in [0, 0.05) is 22.6 Å². The Labute approximate surface area is 99.5 Å². The number of rotatable bonds is 2. The normalized spacial score (nSPS) is 15.1. The van der Waals surface area contributed by atoms with E-state index in [0.29, 0.717) is 0 Å². The molecule has 0 amide bonds. The second-order valence-electron chi connectivity index (χ2n) is 3.75. The van der Waals surface area contributed by atoms with Gasteiger partial charge in [-0.2, -0.15) is 11.8 Å². The number of aromatic amines is 1. The molecule has 0 spiro atoms. The first kappa shape index (κ1) is 11.3. The van der Waals surface area contributed by atoms with Gasteiger partial charge in [0.15, 0.2) is 0 Å². The second-order valence-corrected chi connectivity index (χ2v) is 4.85. The van der Waals surface area contributed by atoms with Crippen LogP contribution in [0.2, 0.25) is 0 Å². The lowest BCUT2D eigenvalue weighted by Gasteiger charge is -2.18. The molecule has 84 valence electrons. The summed E-state index contributed by atoms with van der Waals surface area (Å²) >= 11 is 1.82. The number of thioether (sulfide) groups is 1. The molecular formula is C13H15NOS. The van der Waals surface area contributed by atoms with Crippen molar-refractivity contribution in [3.63, 3.8) is 0 Å². The van der Waals surface area contributed by atoms with Gasteiger partial charge >= 0.3 is 0 Å². The number of fused-ring (bicyclic) bond motifs is 1. The summed E-state index contributed by atoms with van der Waals surface area (Å²) in [5, 5.41) is 0. The van der Waals surface area contributed by atoms with Crippen LogP contribution in [0.1, 0.15) is 29.3 Å². The predicted octanol–water partition coefficient (Wildman–Crippen LogP) is 2.84. The highest BCUT2D eigenvalue weighted by Gasteiger charge is 2.17. The Balaban J connectivity index is 2.73. The van der Waals surface area contributed by atoms with E-state index >= 15 is 0 Å². The number of hydrogen-bond acceptors (Lipinski definition) is 2. The van der Waals surface area contributed by atoms with Crippen molar-refractivity contribution in [1.82, 2.24) is 4.98 Å². The van der Waals surface area contributed by atoms with E-state index in [1.165, 1.54) is 5.56 Å². The molecule has 2 nitrogen and oxygen atoms in total. The smallest absolute Gasteiger partial charge is 0.252 e. The molecule has 2 rings (SSSR count). The minimum Gasteiger partial charge on any atom is -0.322 e. The van der Waals surface area contributed by atoms with Crippen molar-refractivity contribution in [3.05, 3.63) is 45.4 Å². The van der Waals surface area contributed by atoms with Crippen LogP contribution >= 0.6 is 11.8 Å². The molecule has 0 atom stereocenters. The van der Waals surface area contributed by atoms with Crippen LogP contribution in [0.25, 0.3) is 12.2 Å². The number of pyridine rings is 1. The zero-order chi connectivity index (χ0) is 11.5. The SMILES string of the molecule is C=Cc1[nH]c(=O)c2c(c1/C=C\C)CCSC2. The van der Waals surface area contributed by atoms with Gasteiger partial charge < -0.3 is 4.98 Å². The van der Waals surface area contributed by atoms with Gasteiger partial charge in [-0.25, -0.2) is 0 Å². The highest BCUT2D eigenvalue weighted by molar-refractivity contribution is 7.98. The second kappa shape index (κ2) is 4.74. The molecule has 1 aliphatic heterocycles. The van der Waals surface area contributed by atoms with Gasteiger partial charge in [-0.1, -0.05) is 18.7 Å². The molecule has 0 saturated heterocycles. The third kappa shape index (κ3) is 1.87. The molecule has 0 unspecified atom stereocenters. The molecule has 0 fully saturated rings. The molecule has 16 heavy (non-hydrogen) atoms. The van der Waals surface area contributed by atoms with Crippen LogP contribution < -0.4 is 5.56 Å². The number of nitrogens with one attached hydrogen (secondary N) is 1. The van der Waals surface area contributed by atoms with Gasteiger partial charge in [0.1, 0.15) is 0 Å². The molecule has 0 aromatic carbocycles. The maximum absolute atomic E-state index is 11.9. The van der Waals surface area contributed by atoms with E-state index in [0.717, 1.165) is 34.7 Å². The van der Waals surface area contributed by atoms with Crippen LogP contribution in [0.4, 0.5) is 0 Å². The minimum atomic E-state index is 0.0466. The van der Waals surface area contributed by atoms with Crippen molar-refractivity contribution in [2.24, 2.45) is 0 Å². The van der Waals surface area contributed by atoms with Crippen molar-refractivity contribution in [3.8, 4) is 0 Å². The fourth-order valence-corrected chi connectivity index (χ4v) is 3.03. The fraction of sp³-hybridized carbons (Fsp3) is 0.308. The molecule has 0 radical (unpaired) electrons. The van der Waals surface area contributed by atoms with Gasteiger partial charge in [-0.3, -0.25) is 4.79 Å². The van der Waals surface area contributed by atoms with Gasteiger partial charge in [0.2, 0.25) is 0 Å².